The fourth-order valence-electron chi connectivity index (χ4n) is 10.1. The van der Waals surface area contributed by atoms with Gasteiger partial charge in [-0.3, -0.25) is 9.97 Å². The van der Waals surface area contributed by atoms with E-state index in [0.717, 1.165) is 96.4 Å². The Morgan fingerprint density at radius 2 is 0.891 bits per heavy atom. The van der Waals surface area contributed by atoms with Gasteiger partial charge in [-0.05, 0) is 126 Å². The molecular weight excluding hydrogens is 791 g/mol. The predicted molar refractivity (Wildman–Crippen MR) is 248 cm³/mol. The lowest BCUT2D eigenvalue weighted by Gasteiger charge is -2.46. The van der Waals surface area contributed by atoms with E-state index < -0.39 is 5.41 Å². The maximum absolute atomic E-state index is 10.5. The molecule has 0 N–H and O–H groups in total. The van der Waals surface area contributed by atoms with Crippen molar-refractivity contribution in [2.24, 2.45) is 0 Å². The Balaban J connectivity index is 1.18. The third kappa shape index (κ3) is 4.86. The highest BCUT2D eigenvalue weighted by atomic mass is 16.5. The molecule has 0 atom stereocenters. The van der Waals surface area contributed by atoms with Crippen LogP contribution >= 0.6 is 0 Å². The quantitative estimate of drug-likeness (QED) is 0.163. The van der Waals surface area contributed by atoms with Crippen LogP contribution in [0.15, 0.2) is 188 Å². The van der Waals surface area contributed by atoms with E-state index in [2.05, 4.69) is 111 Å². The number of para-hydroxylation sites is 9. The molecule has 0 bridgehead atoms. The third-order valence-corrected chi connectivity index (χ3v) is 12.7. The summed E-state index contributed by atoms with van der Waals surface area (Å²) >= 11 is 0. The first-order valence-corrected chi connectivity index (χ1v) is 20.9. The second kappa shape index (κ2) is 13.4. The molecule has 0 amide bonds. The number of aromatic nitrogens is 2. The van der Waals surface area contributed by atoms with Gasteiger partial charge in [0.1, 0.15) is 6.07 Å². The van der Waals surface area contributed by atoms with Gasteiger partial charge in [0.2, 0.25) is 5.69 Å². The van der Waals surface area contributed by atoms with Gasteiger partial charge in [0.05, 0.1) is 63.1 Å². The Morgan fingerprint density at radius 3 is 1.38 bits per heavy atom. The zero-order valence-electron chi connectivity index (χ0n) is 33.8. The van der Waals surface area contributed by atoms with Gasteiger partial charge in [0.25, 0.3) is 0 Å². The highest BCUT2D eigenvalue weighted by Gasteiger charge is 2.54. The van der Waals surface area contributed by atoms with Gasteiger partial charge >= 0.3 is 0 Å². The van der Waals surface area contributed by atoms with Crippen LogP contribution in [0.4, 0.5) is 56.9 Å². The summed E-state index contributed by atoms with van der Waals surface area (Å²) in [5.74, 6) is 2.97. The normalized spacial score (nSPS) is 13.9. The van der Waals surface area contributed by atoms with Crippen LogP contribution in [0.25, 0.3) is 16.2 Å². The summed E-state index contributed by atoms with van der Waals surface area (Å²) in [6, 6.07) is 62.3. The van der Waals surface area contributed by atoms with Crippen molar-refractivity contribution < 1.29 is 9.47 Å². The Labute approximate surface area is 368 Å². The van der Waals surface area contributed by atoms with E-state index in [-0.39, 0.29) is 0 Å². The molecule has 9 heteroatoms. The lowest BCUT2D eigenvalue weighted by Crippen LogP contribution is -2.37. The first-order chi connectivity index (χ1) is 31.6. The van der Waals surface area contributed by atoms with E-state index in [0.29, 0.717) is 22.6 Å². The number of anilines is 9. The fraction of sp³-hybridized carbons (Fsp3) is 0.0182. The SMILES string of the molecule is [C-]#[N+]c1cnc2c(c1)C1(c3cc(N4c5ccccc5Oc5ccccc54)ccc3N(c3ccccc3)c3ccc(N4c5ccccc5Oc5ccccc54)cc31)c1cc(C#N)cnc1-2. The molecule has 9 aromatic rings. The molecule has 64 heavy (non-hydrogen) atoms. The first kappa shape index (κ1) is 35.6. The Kier molecular flexibility index (Phi) is 7.45. The zero-order valence-corrected chi connectivity index (χ0v) is 33.8. The minimum Gasteiger partial charge on any atom is -0.453 e. The summed E-state index contributed by atoms with van der Waals surface area (Å²) in [5, 5.41) is 10.5. The minimum absolute atomic E-state index is 0.402. The zero-order chi connectivity index (χ0) is 42.5. The molecule has 1 spiro atoms. The molecule has 2 aromatic heterocycles. The van der Waals surface area contributed by atoms with Gasteiger partial charge in [-0.2, -0.15) is 5.26 Å². The summed E-state index contributed by atoms with van der Waals surface area (Å²) < 4.78 is 13.0. The number of nitrogens with zero attached hydrogens (tertiary/aromatic N) is 7. The molecule has 0 saturated carbocycles. The van der Waals surface area contributed by atoms with Gasteiger partial charge in [-0.15, -0.1) is 0 Å². The fourth-order valence-corrected chi connectivity index (χ4v) is 10.1. The van der Waals surface area contributed by atoms with Crippen molar-refractivity contribution in [2.75, 3.05) is 14.7 Å². The number of rotatable bonds is 3. The second-order valence-corrected chi connectivity index (χ2v) is 16.0. The maximum atomic E-state index is 10.5. The standard InChI is InChI=1S/C55H31N7O2/c1-57-35-28-42-54(59-33-35)53-41(27-34(31-56)32-58-53)55(42)39-29-37(61-45-15-5-9-19-49(45)63-50-20-10-6-16-46(50)61)23-25-43(39)60(36-13-3-2-4-14-36)44-26-24-38(30-40(44)55)62-47-17-7-11-21-51(47)64-52-22-12-8-18-48(52)62/h2-30,32-33H. The van der Waals surface area contributed by atoms with Gasteiger partial charge in [0, 0.05) is 35.0 Å². The van der Waals surface area contributed by atoms with Crippen molar-refractivity contribution in [1.82, 2.24) is 9.97 Å². The molecular formula is C55H31N7O2. The number of ether oxygens (including phenoxy) is 2. The summed E-state index contributed by atoms with van der Waals surface area (Å²) in [5.41, 5.74) is 12.7. The molecule has 5 heterocycles. The van der Waals surface area contributed by atoms with Crippen LogP contribution in [0.3, 0.4) is 0 Å². The van der Waals surface area contributed by atoms with Crippen molar-refractivity contribution in [3.05, 3.63) is 228 Å². The summed E-state index contributed by atoms with van der Waals surface area (Å²) in [4.78, 5) is 20.8. The van der Waals surface area contributed by atoms with Crippen LogP contribution in [0.1, 0.15) is 27.8 Å². The van der Waals surface area contributed by atoms with Gasteiger partial charge in [-0.1, -0.05) is 66.7 Å². The van der Waals surface area contributed by atoms with Crippen LogP contribution in [0, 0.1) is 17.9 Å². The van der Waals surface area contributed by atoms with E-state index in [1.54, 1.807) is 12.4 Å². The molecule has 1 aliphatic carbocycles. The summed E-state index contributed by atoms with van der Waals surface area (Å²) in [7, 11) is 0. The molecule has 298 valence electrons. The van der Waals surface area contributed by atoms with E-state index in [1.807, 2.05) is 91.0 Å². The van der Waals surface area contributed by atoms with Crippen LogP contribution in [0.2, 0.25) is 0 Å². The van der Waals surface area contributed by atoms with E-state index in [1.165, 1.54) is 0 Å². The van der Waals surface area contributed by atoms with Crippen molar-refractivity contribution in [3.8, 4) is 40.5 Å². The largest absolute Gasteiger partial charge is 0.453 e. The molecule has 0 saturated heterocycles. The molecule has 0 radical (unpaired) electrons. The highest BCUT2D eigenvalue weighted by molar-refractivity contribution is 5.98. The van der Waals surface area contributed by atoms with Crippen LogP contribution in [0.5, 0.6) is 23.0 Å². The lowest BCUT2D eigenvalue weighted by atomic mass is 9.64. The number of nitriles is 1. The van der Waals surface area contributed by atoms with Crippen molar-refractivity contribution in [2.45, 2.75) is 5.41 Å². The number of hydrogen-bond acceptors (Lipinski definition) is 8. The number of hydrogen-bond donors (Lipinski definition) is 0. The molecule has 9 nitrogen and oxygen atoms in total. The highest BCUT2D eigenvalue weighted by Crippen LogP contribution is 2.65. The molecule has 0 unspecified atom stereocenters. The number of pyridine rings is 2. The molecule has 4 aliphatic rings. The first-order valence-electron chi connectivity index (χ1n) is 20.9. The lowest BCUT2D eigenvalue weighted by molar-refractivity contribution is 0.477. The van der Waals surface area contributed by atoms with Crippen molar-refractivity contribution in [3.63, 3.8) is 0 Å². The van der Waals surface area contributed by atoms with E-state index in [9.17, 15) is 5.26 Å². The van der Waals surface area contributed by atoms with E-state index >= 15 is 0 Å². The predicted octanol–water partition coefficient (Wildman–Crippen LogP) is 14.2. The molecule has 13 rings (SSSR count). The van der Waals surface area contributed by atoms with Gasteiger partial charge in [-0.25, -0.2) is 4.85 Å². The van der Waals surface area contributed by atoms with Crippen LogP contribution < -0.4 is 24.2 Å². The summed E-state index contributed by atoms with van der Waals surface area (Å²) in [6.45, 7) is 8.26. The number of fused-ring (bicyclic) bond motifs is 13. The average Bonchev–Trinajstić information content (AvgIpc) is 3.64. The Morgan fingerprint density at radius 1 is 0.453 bits per heavy atom. The minimum atomic E-state index is -1.13. The maximum Gasteiger partial charge on any atom is 0.205 e. The van der Waals surface area contributed by atoms with Crippen LogP contribution in [-0.4, -0.2) is 9.97 Å². The van der Waals surface area contributed by atoms with Gasteiger partial charge < -0.3 is 24.2 Å². The Bertz CT molecular complexity index is 3230. The molecule has 0 fully saturated rings. The topological polar surface area (TPSA) is 82.1 Å². The third-order valence-electron chi connectivity index (χ3n) is 12.7. The van der Waals surface area contributed by atoms with Crippen molar-refractivity contribution in [1.29, 1.82) is 5.26 Å². The monoisotopic (exact) mass is 821 g/mol. The smallest absolute Gasteiger partial charge is 0.205 e. The van der Waals surface area contributed by atoms with Crippen LogP contribution in [-0.2, 0) is 5.41 Å². The average molecular weight is 822 g/mol. The molecule has 7 aromatic carbocycles. The van der Waals surface area contributed by atoms with Crippen molar-refractivity contribution >= 4 is 56.9 Å². The van der Waals surface area contributed by atoms with Gasteiger partial charge in [0.15, 0.2) is 23.0 Å². The Hall–Kier alpha value is -9.18. The second-order valence-electron chi connectivity index (χ2n) is 16.0. The number of benzene rings is 7. The summed E-state index contributed by atoms with van der Waals surface area (Å²) in [6.07, 6.45) is 3.23. The van der Waals surface area contributed by atoms with E-state index in [4.69, 9.17) is 26.0 Å². The molecule has 3 aliphatic heterocycles.